The third-order valence-electron chi connectivity index (χ3n) is 9.33. The summed E-state index contributed by atoms with van der Waals surface area (Å²) >= 11 is 6.36. The van der Waals surface area contributed by atoms with Gasteiger partial charge in [-0.3, -0.25) is 9.59 Å². The van der Waals surface area contributed by atoms with E-state index in [9.17, 15) is 19.2 Å². The van der Waals surface area contributed by atoms with Crippen LogP contribution in [0.25, 0.3) is 10.8 Å². The van der Waals surface area contributed by atoms with Gasteiger partial charge in [-0.15, -0.1) is 0 Å². The molecule has 2 N–H and O–H groups in total. The minimum absolute atomic E-state index is 0.0239. The van der Waals surface area contributed by atoms with Crippen molar-refractivity contribution in [2.24, 2.45) is 11.8 Å². The zero-order valence-electron chi connectivity index (χ0n) is 29.0. The van der Waals surface area contributed by atoms with E-state index >= 15 is 0 Å². The minimum atomic E-state index is -1.23. The predicted molar refractivity (Wildman–Crippen MR) is 183 cm³/mol. The first-order valence-electron chi connectivity index (χ1n) is 17.0. The molecular weight excluding hydrogens is 652 g/mol. The third-order valence-corrected chi connectivity index (χ3v) is 9.56. The van der Waals surface area contributed by atoms with Crippen molar-refractivity contribution in [3.8, 4) is 11.6 Å². The Morgan fingerprint density at radius 3 is 2.65 bits per heavy atom. The van der Waals surface area contributed by atoms with Gasteiger partial charge in [0.15, 0.2) is 0 Å². The number of hydrogen-bond donors (Lipinski definition) is 2. The predicted octanol–water partition coefficient (Wildman–Crippen LogP) is 5.34. The lowest BCUT2D eigenvalue weighted by Crippen LogP contribution is -2.57. The molecule has 0 radical (unpaired) electrons. The van der Waals surface area contributed by atoms with Crippen molar-refractivity contribution < 1.29 is 38.1 Å². The van der Waals surface area contributed by atoms with Gasteiger partial charge in [0.05, 0.1) is 26.5 Å². The van der Waals surface area contributed by atoms with E-state index in [1.165, 1.54) is 4.90 Å². The van der Waals surface area contributed by atoms with Crippen LogP contribution in [0.3, 0.4) is 0 Å². The van der Waals surface area contributed by atoms with E-state index < -0.39 is 59.1 Å². The zero-order valence-corrected chi connectivity index (χ0v) is 29.8. The molecule has 1 aromatic carbocycles. The summed E-state index contributed by atoms with van der Waals surface area (Å²) in [6, 6.07) is 3.29. The lowest BCUT2D eigenvalue weighted by molar-refractivity contribution is -0.150. The molecule has 1 aromatic heterocycles. The Bertz CT molecular complexity index is 1610. The Labute approximate surface area is 292 Å². The van der Waals surface area contributed by atoms with E-state index in [2.05, 4.69) is 15.6 Å². The first-order valence-corrected chi connectivity index (χ1v) is 17.4. The quantitative estimate of drug-likeness (QED) is 0.302. The fourth-order valence-corrected chi connectivity index (χ4v) is 6.91. The van der Waals surface area contributed by atoms with Crippen molar-refractivity contribution >= 4 is 46.3 Å². The maximum atomic E-state index is 14.5. The van der Waals surface area contributed by atoms with Gasteiger partial charge < -0.3 is 34.5 Å². The molecule has 5 rings (SSSR count). The summed E-state index contributed by atoms with van der Waals surface area (Å²) in [7, 11) is 1.55. The monoisotopic (exact) mass is 698 g/mol. The highest BCUT2D eigenvalue weighted by Crippen LogP contribution is 2.46. The average molecular weight is 699 g/mol. The Morgan fingerprint density at radius 2 is 1.94 bits per heavy atom. The van der Waals surface area contributed by atoms with Crippen LogP contribution in [-0.4, -0.2) is 83.3 Å². The molecule has 1 saturated carbocycles. The summed E-state index contributed by atoms with van der Waals surface area (Å²) in [6.45, 7) is 8.98. The minimum Gasteiger partial charge on any atom is -0.494 e. The smallest absolute Gasteiger partial charge is 0.408 e. The van der Waals surface area contributed by atoms with Crippen molar-refractivity contribution in [2.75, 3.05) is 20.3 Å². The van der Waals surface area contributed by atoms with Crippen molar-refractivity contribution in [1.82, 2.24) is 20.5 Å². The van der Waals surface area contributed by atoms with Crippen LogP contribution in [0.2, 0.25) is 5.02 Å². The first kappa shape index (κ1) is 36.2. The van der Waals surface area contributed by atoms with Crippen molar-refractivity contribution in [3.05, 3.63) is 41.6 Å². The Hall–Kier alpha value is -4.06. The highest BCUT2D eigenvalue weighted by atomic mass is 35.5. The number of amides is 3. The number of hydrogen-bond acceptors (Lipinski definition) is 9. The number of allylic oxidation sites excluding steroid dienone is 1. The normalized spacial score (nSPS) is 27.6. The van der Waals surface area contributed by atoms with Gasteiger partial charge in [-0.1, -0.05) is 43.5 Å². The second-order valence-corrected chi connectivity index (χ2v) is 14.5. The van der Waals surface area contributed by atoms with Gasteiger partial charge in [0.1, 0.15) is 35.1 Å². The lowest BCUT2D eigenvalue weighted by atomic mass is 9.98. The van der Waals surface area contributed by atoms with Crippen LogP contribution in [-0.2, 0) is 23.9 Å². The number of ether oxygens (including phenoxy) is 4. The molecule has 0 spiro atoms. The Balaban J connectivity index is 1.51. The van der Waals surface area contributed by atoms with E-state index in [1.54, 1.807) is 53.1 Å². The number of aromatic nitrogens is 1. The number of pyridine rings is 1. The molecule has 49 heavy (non-hydrogen) atoms. The number of nitrogens with zero attached hydrogens (tertiary/aromatic N) is 2. The summed E-state index contributed by atoms with van der Waals surface area (Å²) < 4.78 is 22.9. The summed E-state index contributed by atoms with van der Waals surface area (Å²) in [4.78, 5) is 61.0. The van der Waals surface area contributed by atoms with Crippen molar-refractivity contribution in [3.63, 3.8) is 0 Å². The number of halogens is 1. The molecular formula is C36H47ClN4O8. The molecule has 3 heterocycles. The number of methoxy groups -OCH3 is 1. The van der Waals surface area contributed by atoms with Crippen LogP contribution >= 0.6 is 11.6 Å². The van der Waals surface area contributed by atoms with Crippen LogP contribution in [0, 0.1) is 11.8 Å². The second-order valence-electron chi connectivity index (χ2n) is 14.0. The molecule has 3 aliphatic rings. The molecule has 6 unspecified atom stereocenters. The standard InChI is InChI=1S/C36H47ClN4O8/c1-7-47-33(44)36-18-22(36)13-11-9-8-10-12-14-26(39-34(45)49-35(3,4)5)32(43)41-20-28(21(2)29(41)30(42)40-36)48-31-25-17-23(37)15-16-24(25)27(46-6)19-38-31/h11,13,15-17,19,21-22,26,28-29H,7-10,12,14,18,20H2,1-6H3,(H,39,45)(H,40,42). The van der Waals surface area contributed by atoms with Gasteiger partial charge in [0.2, 0.25) is 17.7 Å². The van der Waals surface area contributed by atoms with Crippen LogP contribution in [0.5, 0.6) is 11.6 Å². The summed E-state index contributed by atoms with van der Waals surface area (Å²) in [6.07, 6.45) is 8.03. The molecule has 2 aromatic rings. The van der Waals surface area contributed by atoms with E-state index in [-0.39, 0.29) is 24.9 Å². The van der Waals surface area contributed by atoms with Crippen LogP contribution in [0.1, 0.15) is 73.1 Å². The molecule has 2 aliphatic heterocycles. The number of carbonyl (C=O) groups excluding carboxylic acids is 4. The van der Waals surface area contributed by atoms with E-state index in [0.717, 1.165) is 24.6 Å². The average Bonchev–Trinajstić information content (AvgIpc) is 3.63. The molecule has 2 fully saturated rings. The second kappa shape index (κ2) is 14.8. The van der Waals surface area contributed by atoms with Crippen molar-refractivity contribution in [1.29, 1.82) is 0 Å². The zero-order chi connectivity index (χ0) is 35.5. The molecule has 1 aliphatic carbocycles. The SMILES string of the molecule is CCOC(=O)C12CC1C=CCCCCCC(NC(=O)OC(C)(C)C)C(=O)N1CC(Oc3ncc(OC)c4ccc(Cl)cc34)C(C)C1C(=O)N2. The Kier molecular flexibility index (Phi) is 11.0. The summed E-state index contributed by atoms with van der Waals surface area (Å²) in [5, 5.41) is 7.58. The third kappa shape index (κ3) is 8.06. The number of alkyl carbamates (subject to hydrolysis) is 1. The highest BCUT2D eigenvalue weighted by molar-refractivity contribution is 6.31. The molecule has 13 heteroatoms. The van der Waals surface area contributed by atoms with E-state index in [1.807, 2.05) is 25.1 Å². The highest BCUT2D eigenvalue weighted by Gasteiger charge is 2.62. The van der Waals surface area contributed by atoms with Gasteiger partial charge in [-0.25, -0.2) is 14.6 Å². The molecule has 0 bridgehead atoms. The van der Waals surface area contributed by atoms with Crippen LogP contribution in [0.15, 0.2) is 36.5 Å². The maximum Gasteiger partial charge on any atom is 0.408 e. The van der Waals surface area contributed by atoms with Gasteiger partial charge >= 0.3 is 12.1 Å². The van der Waals surface area contributed by atoms with Crippen LogP contribution in [0.4, 0.5) is 4.79 Å². The summed E-state index contributed by atoms with van der Waals surface area (Å²) in [5.41, 5.74) is -2.00. The number of carbonyl (C=O) groups is 4. The fraction of sp³-hybridized carbons (Fsp3) is 0.583. The summed E-state index contributed by atoms with van der Waals surface area (Å²) in [5.74, 6) is -1.42. The van der Waals surface area contributed by atoms with Gasteiger partial charge in [0, 0.05) is 27.6 Å². The number of esters is 1. The van der Waals surface area contributed by atoms with Crippen LogP contribution < -0.4 is 20.1 Å². The Morgan fingerprint density at radius 1 is 1.16 bits per heavy atom. The lowest BCUT2D eigenvalue weighted by Gasteiger charge is -2.31. The maximum absolute atomic E-state index is 14.5. The van der Waals surface area contributed by atoms with Gasteiger partial charge in [-0.2, -0.15) is 0 Å². The topological polar surface area (TPSA) is 145 Å². The van der Waals surface area contributed by atoms with Gasteiger partial charge in [-0.05, 0) is 71.6 Å². The first-order chi connectivity index (χ1) is 23.3. The number of benzene rings is 1. The molecule has 1 saturated heterocycles. The van der Waals surface area contributed by atoms with E-state index in [0.29, 0.717) is 35.4 Å². The molecule has 266 valence electrons. The molecule has 12 nitrogen and oxygen atoms in total. The number of rotatable bonds is 6. The van der Waals surface area contributed by atoms with E-state index in [4.69, 9.17) is 30.5 Å². The molecule has 3 amide bonds. The molecule has 6 atom stereocenters. The largest absolute Gasteiger partial charge is 0.494 e. The van der Waals surface area contributed by atoms with Gasteiger partial charge in [0.25, 0.3) is 0 Å². The van der Waals surface area contributed by atoms with Crippen molar-refractivity contribution in [2.45, 2.75) is 102 Å². The number of fused-ring (bicyclic) bond motifs is 3. The fourth-order valence-electron chi connectivity index (χ4n) is 6.74. The number of nitrogens with one attached hydrogen (secondary N) is 2.